The molecule has 1 atom stereocenters. The number of hydrogen-bond acceptors (Lipinski definition) is 4. The first-order chi connectivity index (χ1) is 13.4. The van der Waals surface area contributed by atoms with Gasteiger partial charge in [-0.2, -0.15) is 0 Å². The van der Waals surface area contributed by atoms with Gasteiger partial charge in [-0.25, -0.2) is 0 Å². The summed E-state index contributed by atoms with van der Waals surface area (Å²) in [5, 5.41) is 3.40. The Morgan fingerprint density at radius 3 is 2.25 bits per heavy atom. The molecule has 0 saturated heterocycles. The highest BCUT2D eigenvalue weighted by atomic mass is 35.5. The Morgan fingerprint density at radius 1 is 1.00 bits per heavy atom. The molecular formula is C22H24ClNO4. The summed E-state index contributed by atoms with van der Waals surface area (Å²) in [6.45, 7) is 3.61. The highest BCUT2D eigenvalue weighted by molar-refractivity contribution is 6.30. The lowest BCUT2D eigenvalue weighted by molar-refractivity contribution is -0.148. The normalized spacial score (nSPS) is 11.5. The molecule has 148 valence electrons. The fraction of sp³-hybridized carbons (Fsp3) is 0.318. The number of ether oxygens (including phenoxy) is 1. The third-order valence-corrected chi connectivity index (χ3v) is 4.56. The van der Waals surface area contributed by atoms with Gasteiger partial charge in [0.05, 0.1) is 12.5 Å². The van der Waals surface area contributed by atoms with Crippen molar-refractivity contribution in [3.8, 4) is 0 Å². The summed E-state index contributed by atoms with van der Waals surface area (Å²) >= 11 is 5.78. The zero-order chi connectivity index (χ0) is 20.5. The van der Waals surface area contributed by atoms with Crippen LogP contribution in [0.5, 0.6) is 0 Å². The van der Waals surface area contributed by atoms with E-state index in [2.05, 4.69) is 5.32 Å². The lowest BCUT2D eigenvalue weighted by Gasteiger charge is -2.17. The van der Waals surface area contributed by atoms with E-state index in [1.165, 1.54) is 0 Å². The molecule has 0 bridgehead atoms. The SMILES string of the molecule is CC[C@H](NC(=O)COC(=O)CCC(=O)c1ccc(Cl)cc1)c1ccc(C)cc1. The van der Waals surface area contributed by atoms with Gasteiger partial charge in [-0.3, -0.25) is 14.4 Å². The van der Waals surface area contributed by atoms with Crippen LogP contribution in [0.25, 0.3) is 0 Å². The van der Waals surface area contributed by atoms with Crippen molar-refractivity contribution in [1.29, 1.82) is 0 Å². The monoisotopic (exact) mass is 401 g/mol. The average molecular weight is 402 g/mol. The first-order valence-electron chi connectivity index (χ1n) is 9.19. The van der Waals surface area contributed by atoms with Crippen molar-refractivity contribution < 1.29 is 19.1 Å². The van der Waals surface area contributed by atoms with Gasteiger partial charge in [0.1, 0.15) is 0 Å². The fourth-order valence-corrected chi connectivity index (χ4v) is 2.80. The van der Waals surface area contributed by atoms with Crippen LogP contribution in [0.3, 0.4) is 0 Å². The topological polar surface area (TPSA) is 72.5 Å². The van der Waals surface area contributed by atoms with Crippen LogP contribution in [0.2, 0.25) is 5.02 Å². The molecule has 0 fully saturated rings. The Kier molecular flexibility index (Phi) is 8.20. The lowest BCUT2D eigenvalue weighted by atomic mass is 10.0. The second-order valence-electron chi connectivity index (χ2n) is 6.53. The van der Waals surface area contributed by atoms with Crippen LogP contribution in [-0.2, 0) is 14.3 Å². The number of Topliss-reactive ketones (excluding diaryl/α,β-unsaturated/α-hetero) is 1. The standard InChI is InChI=1S/C22H24ClNO4/c1-3-19(16-6-4-15(2)5-7-16)24-21(26)14-28-22(27)13-12-20(25)17-8-10-18(23)11-9-17/h4-11,19H,3,12-14H2,1-2H3,(H,24,26)/t19-/m0/s1. The third kappa shape index (κ3) is 6.82. The molecule has 0 aliphatic rings. The van der Waals surface area contributed by atoms with E-state index in [1.54, 1.807) is 24.3 Å². The zero-order valence-electron chi connectivity index (χ0n) is 16.0. The van der Waals surface area contributed by atoms with Crippen LogP contribution in [0.1, 0.15) is 53.7 Å². The molecule has 0 saturated carbocycles. The zero-order valence-corrected chi connectivity index (χ0v) is 16.8. The van der Waals surface area contributed by atoms with Crippen LogP contribution < -0.4 is 5.32 Å². The van der Waals surface area contributed by atoms with Crippen LogP contribution in [0.15, 0.2) is 48.5 Å². The summed E-state index contributed by atoms with van der Waals surface area (Å²) in [6, 6.07) is 14.2. The van der Waals surface area contributed by atoms with Gasteiger partial charge >= 0.3 is 5.97 Å². The number of carbonyl (C=O) groups is 3. The van der Waals surface area contributed by atoms with E-state index in [0.717, 1.165) is 17.5 Å². The van der Waals surface area contributed by atoms with Crippen LogP contribution in [0, 0.1) is 6.92 Å². The predicted octanol–water partition coefficient (Wildman–Crippen LogP) is 4.42. The minimum Gasteiger partial charge on any atom is -0.456 e. The molecule has 2 aromatic carbocycles. The molecule has 0 radical (unpaired) electrons. The van der Waals surface area contributed by atoms with E-state index >= 15 is 0 Å². The smallest absolute Gasteiger partial charge is 0.306 e. The molecule has 1 N–H and O–H groups in total. The number of ketones is 1. The van der Waals surface area contributed by atoms with Gasteiger partial charge in [0.25, 0.3) is 5.91 Å². The van der Waals surface area contributed by atoms with Gasteiger partial charge in [-0.1, -0.05) is 48.4 Å². The van der Waals surface area contributed by atoms with E-state index in [0.29, 0.717) is 10.6 Å². The molecular weight excluding hydrogens is 378 g/mol. The highest BCUT2D eigenvalue weighted by Gasteiger charge is 2.15. The number of carbonyl (C=O) groups excluding carboxylic acids is 3. The number of esters is 1. The molecule has 28 heavy (non-hydrogen) atoms. The van der Waals surface area contributed by atoms with Crippen molar-refractivity contribution in [3.05, 3.63) is 70.2 Å². The van der Waals surface area contributed by atoms with Crippen molar-refractivity contribution in [2.24, 2.45) is 0 Å². The van der Waals surface area contributed by atoms with Crippen LogP contribution in [-0.4, -0.2) is 24.3 Å². The lowest BCUT2D eigenvalue weighted by Crippen LogP contribution is -2.32. The number of nitrogens with one attached hydrogen (secondary N) is 1. The molecule has 0 spiro atoms. The van der Waals surface area contributed by atoms with Crippen LogP contribution >= 0.6 is 11.6 Å². The highest BCUT2D eigenvalue weighted by Crippen LogP contribution is 2.17. The average Bonchev–Trinajstić information content (AvgIpc) is 2.70. The van der Waals surface area contributed by atoms with Crippen molar-refractivity contribution in [3.63, 3.8) is 0 Å². The van der Waals surface area contributed by atoms with Crippen molar-refractivity contribution >= 4 is 29.3 Å². The molecule has 0 heterocycles. The first kappa shape index (κ1) is 21.6. The van der Waals surface area contributed by atoms with Crippen LogP contribution in [0.4, 0.5) is 0 Å². The number of halogens is 1. The largest absolute Gasteiger partial charge is 0.456 e. The van der Waals surface area contributed by atoms with Gasteiger partial charge < -0.3 is 10.1 Å². The van der Waals surface area contributed by atoms with E-state index in [9.17, 15) is 14.4 Å². The first-order valence-corrected chi connectivity index (χ1v) is 9.57. The summed E-state index contributed by atoms with van der Waals surface area (Å²) < 4.78 is 4.99. The molecule has 0 aromatic heterocycles. The Balaban J connectivity index is 1.75. The number of amides is 1. The van der Waals surface area contributed by atoms with Crippen molar-refractivity contribution in [2.45, 2.75) is 39.2 Å². The number of benzene rings is 2. The predicted molar refractivity (Wildman–Crippen MR) is 108 cm³/mol. The molecule has 2 rings (SSSR count). The van der Waals surface area contributed by atoms with Crippen molar-refractivity contribution in [2.75, 3.05) is 6.61 Å². The maximum Gasteiger partial charge on any atom is 0.306 e. The second kappa shape index (κ2) is 10.6. The third-order valence-electron chi connectivity index (χ3n) is 4.31. The van der Waals surface area contributed by atoms with E-state index in [-0.39, 0.29) is 37.2 Å². The Labute approximate surface area is 170 Å². The molecule has 0 aliphatic carbocycles. The van der Waals surface area contributed by atoms with E-state index < -0.39 is 5.97 Å². The summed E-state index contributed by atoms with van der Waals surface area (Å²) in [4.78, 5) is 35.9. The summed E-state index contributed by atoms with van der Waals surface area (Å²) in [6.07, 6.45) is 0.658. The molecule has 0 aliphatic heterocycles. The van der Waals surface area contributed by atoms with Gasteiger partial charge in [0, 0.05) is 17.0 Å². The Morgan fingerprint density at radius 2 is 1.64 bits per heavy atom. The number of aryl methyl sites for hydroxylation is 1. The Bertz CT molecular complexity index is 815. The van der Waals surface area contributed by atoms with Crippen molar-refractivity contribution in [1.82, 2.24) is 5.32 Å². The Hall–Kier alpha value is -2.66. The summed E-state index contributed by atoms with van der Waals surface area (Å²) in [5.41, 5.74) is 2.63. The molecule has 6 heteroatoms. The molecule has 0 unspecified atom stereocenters. The van der Waals surface area contributed by atoms with Gasteiger partial charge in [-0.05, 0) is 43.2 Å². The number of hydrogen-bond donors (Lipinski definition) is 1. The van der Waals surface area contributed by atoms with Gasteiger partial charge in [-0.15, -0.1) is 0 Å². The van der Waals surface area contributed by atoms with Gasteiger partial charge in [0.15, 0.2) is 12.4 Å². The number of rotatable bonds is 9. The molecule has 5 nitrogen and oxygen atoms in total. The van der Waals surface area contributed by atoms with E-state index in [4.69, 9.17) is 16.3 Å². The fourth-order valence-electron chi connectivity index (χ4n) is 2.67. The van der Waals surface area contributed by atoms with E-state index in [1.807, 2.05) is 38.1 Å². The molecule has 2 aromatic rings. The quantitative estimate of drug-likeness (QED) is 0.498. The maximum absolute atomic E-state index is 12.1. The second-order valence-corrected chi connectivity index (χ2v) is 6.97. The maximum atomic E-state index is 12.1. The minimum atomic E-state index is -0.583. The van der Waals surface area contributed by atoms with Gasteiger partial charge in [0.2, 0.25) is 0 Å². The summed E-state index contributed by atoms with van der Waals surface area (Å²) in [5.74, 6) is -1.13. The minimum absolute atomic E-state index is 0.0169. The summed E-state index contributed by atoms with van der Waals surface area (Å²) in [7, 11) is 0. The molecule has 1 amide bonds.